The quantitative estimate of drug-likeness (QED) is 0.880. The van der Waals surface area contributed by atoms with E-state index < -0.39 is 11.9 Å². The summed E-state index contributed by atoms with van der Waals surface area (Å²) in [4.78, 5) is 7.82. The zero-order valence-electron chi connectivity index (χ0n) is 9.55. The maximum atomic E-state index is 13.0. The zero-order chi connectivity index (χ0) is 12.3. The molecule has 0 saturated carbocycles. The van der Waals surface area contributed by atoms with Crippen molar-refractivity contribution in [3.8, 4) is 0 Å². The smallest absolute Gasteiger partial charge is 0.142 e. The predicted molar refractivity (Wildman–Crippen MR) is 60.8 cm³/mol. The lowest BCUT2D eigenvalue weighted by atomic mass is 10.1. The molecule has 2 heterocycles. The second kappa shape index (κ2) is 5.05. The molecule has 90 valence electrons. The highest BCUT2D eigenvalue weighted by Crippen LogP contribution is 2.20. The lowest BCUT2D eigenvalue weighted by Crippen LogP contribution is -2.10. The molecule has 0 radical (unpaired) electrons. The lowest BCUT2D eigenvalue weighted by molar-refractivity contribution is 0.203. The van der Waals surface area contributed by atoms with Crippen molar-refractivity contribution in [3.63, 3.8) is 0 Å². The molecule has 4 nitrogen and oxygen atoms in total. The third-order valence-electron chi connectivity index (χ3n) is 2.50. The number of nitrogens with zero attached hydrogens (tertiary/aromatic N) is 3. The maximum Gasteiger partial charge on any atom is 0.142 e. The van der Waals surface area contributed by atoms with Gasteiger partial charge in [0.1, 0.15) is 17.7 Å². The summed E-state index contributed by atoms with van der Waals surface area (Å²) < 4.78 is 14.9. The molecule has 0 aliphatic heterocycles. The van der Waals surface area contributed by atoms with Gasteiger partial charge in [0.15, 0.2) is 0 Å². The van der Waals surface area contributed by atoms with E-state index in [1.807, 2.05) is 11.5 Å². The van der Waals surface area contributed by atoms with Crippen LogP contribution in [0.4, 0.5) is 4.39 Å². The SMILES string of the molecule is CCCn1ccnc1C(O)c1cncc(F)c1. The first-order chi connectivity index (χ1) is 8.22. The predicted octanol–water partition coefficient (Wildman–Crippen LogP) is 1.91. The van der Waals surface area contributed by atoms with Crippen molar-refractivity contribution >= 4 is 0 Å². The Morgan fingerprint density at radius 2 is 2.29 bits per heavy atom. The minimum absolute atomic E-state index is 0.411. The summed E-state index contributed by atoms with van der Waals surface area (Å²) in [5.41, 5.74) is 0.411. The molecule has 0 spiro atoms. The van der Waals surface area contributed by atoms with Crippen molar-refractivity contribution in [2.75, 3.05) is 0 Å². The van der Waals surface area contributed by atoms with Gasteiger partial charge in [0.25, 0.3) is 0 Å². The summed E-state index contributed by atoms with van der Waals surface area (Å²) >= 11 is 0. The molecular weight excluding hydrogens is 221 g/mol. The van der Waals surface area contributed by atoms with E-state index in [1.54, 1.807) is 12.4 Å². The van der Waals surface area contributed by atoms with Gasteiger partial charge >= 0.3 is 0 Å². The van der Waals surface area contributed by atoms with Crippen molar-refractivity contribution < 1.29 is 9.50 Å². The Labute approximate surface area is 98.8 Å². The number of aryl methyl sites for hydroxylation is 1. The van der Waals surface area contributed by atoms with E-state index >= 15 is 0 Å². The van der Waals surface area contributed by atoms with Crippen LogP contribution in [0.3, 0.4) is 0 Å². The average molecular weight is 235 g/mol. The average Bonchev–Trinajstić information content (AvgIpc) is 2.77. The van der Waals surface area contributed by atoms with Crippen LogP contribution in [0.2, 0.25) is 0 Å². The van der Waals surface area contributed by atoms with Gasteiger partial charge in [0, 0.05) is 30.7 Å². The van der Waals surface area contributed by atoms with E-state index in [-0.39, 0.29) is 0 Å². The van der Waals surface area contributed by atoms with Gasteiger partial charge in [-0.25, -0.2) is 9.37 Å². The minimum atomic E-state index is -0.945. The van der Waals surface area contributed by atoms with E-state index in [0.29, 0.717) is 11.4 Å². The van der Waals surface area contributed by atoms with Crippen molar-refractivity contribution in [1.29, 1.82) is 0 Å². The number of pyridine rings is 1. The van der Waals surface area contributed by atoms with Gasteiger partial charge in [-0.05, 0) is 12.5 Å². The summed E-state index contributed by atoms with van der Waals surface area (Å²) in [6.45, 7) is 2.81. The van der Waals surface area contributed by atoms with E-state index in [0.717, 1.165) is 19.2 Å². The molecule has 0 amide bonds. The number of aliphatic hydroxyl groups is 1. The van der Waals surface area contributed by atoms with Gasteiger partial charge in [-0.2, -0.15) is 0 Å². The van der Waals surface area contributed by atoms with E-state index in [1.165, 1.54) is 12.3 Å². The summed E-state index contributed by atoms with van der Waals surface area (Å²) in [6, 6.07) is 1.27. The maximum absolute atomic E-state index is 13.0. The minimum Gasteiger partial charge on any atom is -0.380 e. The highest BCUT2D eigenvalue weighted by Gasteiger charge is 2.16. The molecule has 1 atom stereocenters. The van der Waals surface area contributed by atoms with Crippen LogP contribution in [0.1, 0.15) is 30.8 Å². The van der Waals surface area contributed by atoms with Crippen molar-refractivity contribution in [2.45, 2.75) is 26.0 Å². The first kappa shape index (κ1) is 11.7. The Bertz CT molecular complexity index is 498. The molecule has 2 aromatic heterocycles. The molecule has 0 aromatic carbocycles. The van der Waals surface area contributed by atoms with Crippen molar-refractivity contribution in [1.82, 2.24) is 14.5 Å². The number of aliphatic hydroxyl groups excluding tert-OH is 1. The molecule has 0 aliphatic carbocycles. The normalized spacial score (nSPS) is 12.6. The van der Waals surface area contributed by atoms with Crippen LogP contribution in [0.15, 0.2) is 30.9 Å². The summed E-state index contributed by atoms with van der Waals surface area (Å²) in [5.74, 6) is 0.0504. The van der Waals surface area contributed by atoms with Crippen LogP contribution in [-0.2, 0) is 6.54 Å². The van der Waals surface area contributed by atoms with E-state index in [2.05, 4.69) is 9.97 Å². The number of halogens is 1. The number of rotatable bonds is 4. The molecule has 17 heavy (non-hydrogen) atoms. The molecule has 0 fully saturated rings. The molecule has 0 saturated heterocycles. The Morgan fingerprint density at radius 1 is 1.47 bits per heavy atom. The Balaban J connectivity index is 2.30. The standard InChI is InChI=1S/C12H14FN3O/c1-2-4-16-5-3-15-12(16)11(17)9-6-10(13)8-14-7-9/h3,5-8,11,17H,2,4H2,1H3. The molecule has 0 aliphatic rings. The van der Waals surface area contributed by atoms with E-state index in [4.69, 9.17) is 0 Å². The van der Waals surface area contributed by atoms with Gasteiger partial charge in [0.2, 0.25) is 0 Å². The molecule has 2 rings (SSSR count). The van der Waals surface area contributed by atoms with Gasteiger partial charge in [-0.1, -0.05) is 6.92 Å². The molecule has 1 N–H and O–H groups in total. The number of imidazole rings is 1. The Hall–Kier alpha value is -1.75. The second-order valence-corrected chi connectivity index (χ2v) is 3.82. The highest BCUT2D eigenvalue weighted by molar-refractivity contribution is 5.20. The monoisotopic (exact) mass is 235 g/mol. The van der Waals surface area contributed by atoms with Crippen LogP contribution in [-0.4, -0.2) is 19.6 Å². The molecular formula is C12H14FN3O. The zero-order valence-corrected chi connectivity index (χ0v) is 9.55. The number of hydrogen-bond donors (Lipinski definition) is 1. The topological polar surface area (TPSA) is 50.9 Å². The van der Waals surface area contributed by atoms with Crippen LogP contribution in [0.5, 0.6) is 0 Å². The second-order valence-electron chi connectivity index (χ2n) is 3.82. The van der Waals surface area contributed by atoms with Crippen molar-refractivity contribution in [3.05, 3.63) is 48.1 Å². The third kappa shape index (κ3) is 2.50. The Kier molecular flexibility index (Phi) is 3.49. The summed E-state index contributed by atoms with van der Waals surface area (Å²) in [6.07, 6.45) is 5.97. The van der Waals surface area contributed by atoms with Gasteiger partial charge < -0.3 is 9.67 Å². The van der Waals surface area contributed by atoms with Crippen LogP contribution >= 0.6 is 0 Å². The lowest BCUT2D eigenvalue weighted by Gasteiger charge is -2.12. The number of hydrogen-bond acceptors (Lipinski definition) is 3. The van der Waals surface area contributed by atoms with Crippen molar-refractivity contribution in [2.24, 2.45) is 0 Å². The van der Waals surface area contributed by atoms with Gasteiger partial charge in [-0.3, -0.25) is 4.98 Å². The Morgan fingerprint density at radius 3 is 3.00 bits per heavy atom. The first-order valence-corrected chi connectivity index (χ1v) is 5.52. The number of aromatic nitrogens is 3. The first-order valence-electron chi connectivity index (χ1n) is 5.52. The van der Waals surface area contributed by atoms with E-state index in [9.17, 15) is 9.50 Å². The van der Waals surface area contributed by atoms with Gasteiger partial charge in [0.05, 0.1) is 6.20 Å². The van der Waals surface area contributed by atoms with Crippen LogP contribution in [0, 0.1) is 5.82 Å². The van der Waals surface area contributed by atoms with Gasteiger partial charge in [-0.15, -0.1) is 0 Å². The third-order valence-corrected chi connectivity index (χ3v) is 2.50. The molecule has 5 heteroatoms. The largest absolute Gasteiger partial charge is 0.380 e. The fourth-order valence-corrected chi connectivity index (χ4v) is 1.73. The highest BCUT2D eigenvalue weighted by atomic mass is 19.1. The van der Waals surface area contributed by atoms with Crippen LogP contribution < -0.4 is 0 Å². The molecule has 2 aromatic rings. The fraction of sp³-hybridized carbons (Fsp3) is 0.333. The summed E-state index contributed by atoms with van der Waals surface area (Å²) in [7, 11) is 0. The molecule has 0 bridgehead atoms. The molecule has 1 unspecified atom stereocenters. The fourth-order valence-electron chi connectivity index (χ4n) is 1.73. The van der Waals surface area contributed by atoms with Crippen LogP contribution in [0.25, 0.3) is 0 Å². The summed E-state index contributed by atoms with van der Waals surface area (Å²) in [5, 5.41) is 10.1.